The molecule has 1 aromatic heterocycles. The van der Waals surface area contributed by atoms with Crippen molar-refractivity contribution in [1.82, 2.24) is 25.6 Å². The van der Waals surface area contributed by atoms with E-state index >= 15 is 0 Å². The van der Waals surface area contributed by atoms with Crippen molar-refractivity contribution in [1.29, 1.82) is 0 Å². The molecule has 4 rings (SSSR count). The molecule has 0 aliphatic carbocycles. The normalized spacial score (nSPS) is 13.3. The van der Waals surface area contributed by atoms with Crippen LogP contribution in [0.25, 0.3) is 22.5 Å². The van der Waals surface area contributed by atoms with Crippen molar-refractivity contribution >= 4 is 47.7 Å². The zero-order valence-corrected chi connectivity index (χ0v) is 36.1. The van der Waals surface area contributed by atoms with E-state index in [0.717, 1.165) is 67.3 Å². The van der Waals surface area contributed by atoms with E-state index < -0.39 is 6.72 Å². The molecular formula is C42H60N6O8PS-. The van der Waals surface area contributed by atoms with Gasteiger partial charge < -0.3 is 34.2 Å². The molecule has 1 unspecified atom stereocenters. The molecule has 0 bridgehead atoms. The number of Topliss-reactive ketones (excluding diaryl/α,β-unsaturated/α-hetero) is 1. The quantitative estimate of drug-likeness (QED) is 0.0690. The number of hydrogen-bond acceptors (Lipinski definition) is 11. The van der Waals surface area contributed by atoms with Crippen molar-refractivity contribution in [3.8, 4) is 22.5 Å². The summed E-state index contributed by atoms with van der Waals surface area (Å²) in [7, 11) is 0. The van der Waals surface area contributed by atoms with Crippen LogP contribution in [0.5, 0.6) is 0 Å². The summed E-state index contributed by atoms with van der Waals surface area (Å²) in [6.45, 7) is 6.58. The molecule has 14 nitrogen and oxygen atoms in total. The summed E-state index contributed by atoms with van der Waals surface area (Å²) >= 11 is 4.87. The van der Waals surface area contributed by atoms with Crippen LogP contribution < -0.4 is 20.4 Å². The number of benzene rings is 2. The van der Waals surface area contributed by atoms with Crippen LogP contribution >= 0.6 is 6.72 Å². The Bertz CT molecular complexity index is 1850. The lowest BCUT2D eigenvalue weighted by Crippen LogP contribution is -2.34. The molecule has 0 radical (unpaired) electrons. The Morgan fingerprint density at radius 2 is 1.48 bits per heavy atom. The maximum atomic E-state index is 13.8. The molecule has 2 heterocycles. The Kier molecular flexibility index (Phi) is 19.6. The molecule has 0 saturated heterocycles. The van der Waals surface area contributed by atoms with Gasteiger partial charge in [-0.05, 0) is 51.2 Å². The van der Waals surface area contributed by atoms with Crippen LogP contribution in [0.15, 0.2) is 48.5 Å². The molecule has 58 heavy (non-hydrogen) atoms. The second-order valence-electron chi connectivity index (χ2n) is 15.0. The molecular weight excluding hydrogens is 780 g/mol. The van der Waals surface area contributed by atoms with E-state index in [1.807, 2.05) is 67.1 Å². The number of fused-ring (bicyclic) bond motifs is 5. The number of rotatable bonds is 26. The average molecular weight is 840 g/mol. The number of aryl methyl sites for hydroxylation is 1. The lowest BCUT2D eigenvalue weighted by Gasteiger charge is -2.29. The van der Waals surface area contributed by atoms with E-state index in [4.69, 9.17) is 25.6 Å². The van der Waals surface area contributed by atoms with Crippen molar-refractivity contribution in [3.63, 3.8) is 0 Å². The standard InChI is InChI=1S/C42H61N6O8PS/c1-31(2)37(49)23-28-54-29-25-44-39(51)21-22-40(52)47-30-33-16-9-10-17-34(33)42-41(35-18-11-12-19-36(35)47)45-46-48(42)26-14-7-8-20-38(50)43-24-13-5-6-15-27-55-57(53,58)56-32(3)4/h9-12,16-19,31-32H,5-8,13-15,20-30H2,1-4H3,(H,43,50)(H,44,51)(H,53,58)/p-1. The fourth-order valence-electron chi connectivity index (χ4n) is 6.55. The molecule has 1 aliphatic heterocycles. The fraction of sp³-hybridized carbons (Fsp3) is 0.571. The van der Waals surface area contributed by atoms with Crippen LogP contribution in [0.3, 0.4) is 0 Å². The monoisotopic (exact) mass is 839 g/mol. The third kappa shape index (κ3) is 15.4. The SMILES string of the molecule is CC(C)OP([O-])(=S)OCCCCCCNC(=O)CCCCCn1nnc2c1-c1ccccc1CN(C(=O)CCC(=O)NCCOCCC(=O)C(C)C)c1ccccc1-2. The Hall–Kier alpha value is -3.85. The number of ether oxygens (including phenoxy) is 1. The number of anilines is 1. The predicted octanol–water partition coefficient (Wildman–Crippen LogP) is 6.25. The van der Waals surface area contributed by atoms with Gasteiger partial charge in [0.15, 0.2) is 0 Å². The highest BCUT2D eigenvalue weighted by Crippen LogP contribution is 2.42. The molecule has 3 amide bonds. The van der Waals surface area contributed by atoms with Crippen LogP contribution in [0, 0.1) is 5.92 Å². The van der Waals surface area contributed by atoms with Gasteiger partial charge in [0.2, 0.25) is 17.7 Å². The zero-order valence-electron chi connectivity index (χ0n) is 34.4. The minimum Gasteiger partial charge on any atom is -0.780 e. The number of aromatic nitrogens is 3. The number of unbranched alkanes of at least 4 members (excludes halogenated alkanes) is 5. The molecule has 1 aliphatic rings. The van der Waals surface area contributed by atoms with Gasteiger partial charge in [0.25, 0.3) is 0 Å². The van der Waals surface area contributed by atoms with Gasteiger partial charge >= 0.3 is 0 Å². The van der Waals surface area contributed by atoms with Gasteiger partial charge in [0.05, 0.1) is 43.9 Å². The molecule has 16 heteroatoms. The molecule has 0 fully saturated rings. The maximum absolute atomic E-state index is 13.8. The summed E-state index contributed by atoms with van der Waals surface area (Å²) in [5.41, 5.74) is 4.94. The second-order valence-corrected chi connectivity index (χ2v) is 17.7. The summed E-state index contributed by atoms with van der Waals surface area (Å²) in [5.74, 6) is -0.269. The molecule has 318 valence electrons. The number of ketones is 1. The number of amides is 3. The predicted molar refractivity (Wildman–Crippen MR) is 226 cm³/mol. The van der Waals surface area contributed by atoms with Gasteiger partial charge in [0.1, 0.15) is 18.2 Å². The maximum Gasteiger partial charge on any atom is 0.227 e. The highest BCUT2D eigenvalue weighted by molar-refractivity contribution is 8.06. The van der Waals surface area contributed by atoms with Gasteiger partial charge in [-0.2, -0.15) is 0 Å². The third-order valence-electron chi connectivity index (χ3n) is 9.61. The first-order valence-corrected chi connectivity index (χ1v) is 23.1. The van der Waals surface area contributed by atoms with E-state index in [9.17, 15) is 24.1 Å². The summed E-state index contributed by atoms with van der Waals surface area (Å²) < 4.78 is 17.8. The van der Waals surface area contributed by atoms with Crippen LogP contribution in [0.1, 0.15) is 104 Å². The minimum atomic E-state index is -3.41. The van der Waals surface area contributed by atoms with Crippen molar-refractivity contribution < 1.29 is 37.9 Å². The Morgan fingerprint density at radius 1 is 0.793 bits per heavy atom. The average Bonchev–Trinajstić information content (AvgIpc) is 3.59. The highest BCUT2D eigenvalue weighted by atomic mass is 32.5. The van der Waals surface area contributed by atoms with E-state index in [2.05, 4.69) is 20.9 Å². The number of carbonyl (C=O) groups is 4. The van der Waals surface area contributed by atoms with Crippen LogP contribution in [-0.2, 0) is 57.9 Å². The van der Waals surface area contributed by atoms with E-state index in [1.54, 1.807) is 18.7 Å². The van der Waals surface area contributed by atoms with Gasteiger partial charge in [-0.1, -0.05) is 92.6 Å². The molecule has 2 N–H and O–H groups in total. The summed E-state index contributed by atoms with van der Waals surface area (Å²) in [4.78, 5) is 64.4. The molecule has 0 saturated carbocycles. The Balaban J connectivity index is 1.24. The first-order chi connectivity index (χ1) is 27.9. The number of hydrogen-bond donors (Lipinski definition) is 2. The lowest BCUT2D eigenvalue weighted by molar-refractivity contribution is -0.209. The third-order valence-corrected chi connectivity index (χ3v) is 11.4. The second kappa shape index (κ2) is 24.3. The smallest absolute Gasteiger partial charge is 0.227 e. The first kappa shape index (κ1) is 46.8. The van der Waals surface area contributed by atoms with Crippen molar-refractivity contribution in [2.24, 2.45) is 5.92 Å². The molecule has 2 aromatic carbocycles. The van der Waals surface area contributed by atoms with Gasteiger partial charge in [-0.15, -0.1) is 5.10 Å². The Labute approximate surface area is 348 Å². The van der Waals surface area contributed by atoms with E-state index in [1.165, 1.54) is 0 Å². The zero-order chi connectivity index (χ0) is 41.9. The largest absolute Gasteiger partial charge is 0.780 e. The first-order valence-electron chi connectivity index (χ1n) is 20.6. The molecule has 3 aromatic rings. The van der Waals surface area contributed by atoms with Crippen LogP contribution in [0.4, 0.5) is 5.69 Å². The van der Waals surface area contributed by atoms with Crippen molar-refractivity contribution in [3.05, 3.63) is 54.1 Å². The summed E-state index contributed by atoms with van der Waals surface area (Å²) in [5, 5.41) is 15.0. The minimum absolute atomic E-state index is 0.0245. The van der Waals surface area contributed by atoms with Crippen LogP contribution in [0.2, 0.25) is 0 Å². The summed E-state index contributed by atoms with van der Waals surface area (Å²) in [6.07, 6.45) is 6.40. The summed E-state index contributed by atoms with van der Waals surface area (Å²) in [6, 6.07) is 15.6. The number of nitrogens with one attached hydrogen (secondary N) is 2. The van der Waals surface area contributed by atoms with E-state index in [0.29, 0.717) is 70.2 Å². The number of carbonyl (C=O) groups excluding carboxylic acids is 4. The molecule has 0 spiro atoms. The highest BCUT2D eigenvalue weighted by Gasteiger charge is 2.29. The van der Waals surface area contributed by atoms with Crippen molar-refractivity contribution in [2.75, 3.05) is 37.8 Å². The van der Waals surface area contributed by atoms with Crippen molar-refractivity contribution in [2.45, 2.75) is 118 Å². The number of nitrogens with zero attached hydrogens (tertiary/aromatic N) is 4. The van der Waals surface area contributed by atoms with E-state index in [-0.39, 0.29) is 48.4 Å². The topological polar surface area (TPSA) is 177 Å². The fourth-order valence-corrected chi connectivity index (χ4v) is 8.22. The Morgan fingerprint density at radius 3 is 2.26 bits per heavy atom. The lowest BCUT2D eigenvalue weighted by atomic mass is 9.95. The van der Waals surface area contributed by atoms with Crippen LogP contribution in [-0.4, -0.2) is 77.5 Å². The molecule has 1 atom stereocenters. The number of para-hydroxylation sites is 1. The van der Waals surface area contributed by atoms with Gasteiger partial charge in [-0.3, -0.25) is 19.2 Å². The van der Waals surface area contributed by atoms with Gasteiger partial charge in [-0.25, -0.2) is 4.68 Å². The van der Waals surface area contributed by atoms with Gasteiger partial charge in [0, 0.05) is 62.4 Å².